The molecule has 4 rings (SSSR count). The highest BCUT2D eigenvalue weighted by molar-refractivity contribution is 6.01. The molecule has 1 aliphatic heterocycles. The van der Waals surface area contributed by atoms with Crippen LogP contribution in [0.5, 0.6) is 5.75 Å². The second-order valence-electron chi connectivity index (χ2n) is 5.83. The molecular formula is C20H17NO2. The van der Waals surface area contributed by atoms with E-state index in [1.807, 2.05) is 36.4 Å². The zero-order valence-corrected chi connectivity index (χ0v) is 12.9. The van der Waals surface area contributed by atoms with E-state index in [4.69, 9.17) is 4.74 Å². The van der Waals surface area contributed by atoms with Gasteiger partial charge >= 0.3 is 0 Å². The second kappa shape index (κ2) is 5.43. The number of hydrogen-bond acceptors (Lipinski definition) is 2. The largest absolute Gasteiger partial charge is 0.497 e. The van der Waals surface area contributed by atoms with Crippen LogP contribution >= 0.6 is 0 Å². The smallest absolute Gasteiger partial charge is 0.225 e. The van der Waals surface area contributed by atoms with E-state index in [2.05, 4.69) is 29.6 Å². The third-order valence-corrected chi connectivity index (χ3v) is 4.48. The summed E-state index contributed by atoms with van der Waals surface area (Å²) in [6, 6.07) is 20.4. The lowest BCUT2D eigenvalue weighted by molar-refractivity contribution is -0.116. The van der Waals surface area contributed by atoms with Gasteiger partial charge in [-0.15, -0.1) is 0 Å². The van der Waals surface area contributed by atoms with Crippen LogP contribution < -0.4 is 10.1 Å². The van der Waals surface area contributed by atoms with E-state index in [0.717, 1.165) is 17.0 Å². The van der Waals surface area contributed by atoms with Gasteiger partial charge in [-0.3, -0.25) is 4.79 Å². The van der Waals surface area contributed by atoms with Crippen molar-refractivity contribution in [2.24, 2.45) is 0 Å². The highest BCUT2D eigenvalue weighted by Crippen LogP contribution is 2.41. The van der Waals surface area contributed by atoms with Crippen LogP contribution in [0.2, 0.25) is 0 Å². The van der Waals surface area contributed by atoms with Gasteiger partial charge in [0.2, 0.25) is 5.91 Å². The number of methoxy groups -OCH3 is 1. The van der Waals surface area contributed by atoms with Crippen LogP contribution in [0.3, 0.4) is 0 Å². The Kier molecular flexibility index (Phi) is 3.27. The average molecular weight is 303 g/mol. The maximum absolute atomic E-state index is 12.2. The molecule has 0 bridgehead atoms. The van der Waals surface area contributed by atoms with E-state index in [1.165, 1.54) is 16.3 Å². The summed E-state index contributed by atoms with van der Waals surface area (Å²) in [5, 5.41) is 5.39. The molecule has 0 aliphatic carbocycles. The molecule has 1 unspecified atom stereocenters. The van der Waals surface area contributed by atoms with Crippen molar-refractivity contribution in [2.75, 3.05) is 12.4 Å². The molecule has 0 saturated carbocycles. The monoisotopic (exact) mass is 303 g/mol. The van der Waals surface area contributed by atoms with Crippen molar-refractivity contribution in [3.05, 3.63) is 71.8 Å². The highest BCUT2D eigenvalue weighted by atomic mass is 16.5. The Morgan fingerprint density at radius 2 is 1.91 bits per heavy atom. The Labute approximate surface area is 134 Å². The molecule has 0 saturated heterocycles. The van der Waals surface area contributed by atoms with Crippen LogP contribution in [0, 0.1) is 0 Å². The fourth-order valence-corrected chi connectivity index (χ4v) is 3.41. The van der Waals surface area contributed by atoms with Crippen LogP contribution in [0.15, 0.2) is 60.7 Å². The SMILES string of the molecule is COc1cccc(C2CC(=O)Nc3ccc4ccccc4c32)c1. The van der Waals surface area contributed by atoms with Gasteiger partial charge in [-0.1, -0.05) is 42.5 Å². The van der Waals surface area contributed by atoms with E-state index in [-0.39, 0.29) is 11.8 Å². The number of amides is 1. The minimum Gasteiger partial charge on any atom is -0.497 e. The summed E-state index contributed by atoms with van der Waals surface area (Å²) in [4.78, 5) is 12.2. The third kappa shape index (κ3) is 2.34. The van der Waals surface area contributed by atoms with Crippen molar-refractivity contribution in [3.8, 4) is 5.75 Å². The van der Waals surface area contributed by atoms with Crippen LogP contribution in [0.25, 0.3) is 10.8 Å². The van der Waals surface area contributed by atoms with Gasteiger partial charge in [-0.2, -0.15) is 0 Å². The molecule has 114 valence electrons. The summed E-state index contributed by atoms with van der Waals surface area (Å²) < 4.78 is 5.35. The zero-order valence-electron chi connectivity index (χ0n) is 12.9. The number of fused-ring (bicyclic) bond motifs is 3. The fourth-order valence-electron chi connectivity index (χ4n) is 3.41. The van der Waals surface area contributed by atoms with E-state index in [1.54, 1.807) is 7.11 Å². The standard InChI is InChI=1S/C20H17NO2/c1-23-15-7-4-6-14(11-15)17-12-19(22)21-18-10-9-13-5-2-3-8-16(13)20(17)18/h2-11,17H,12H2,1H3,(H,21,22). The molecule has 0 aromatic heterocycles. The summed E-state index contributed by atoms with van der Waals surface area (Å²) >= 11 is 0. The first-order valence-electron chi connectivity index (χ1n) is 7.72. The predicted octanol–water partition coefficient (Wildman–Crippen LogP) is 4.32. The molecular weight excluding hydrogens is 286 g/mol. The lowest BCUT2D eigenvalue weighted by Crippen LogP contribution is -2.23. The number of nitrogens with one attached hydrogen (secondary N) is 1. The van der Waals surface area contributed by atoms with Crippen molar-refractivity contribution in [3.63, 3.8) is 0 Å². The van der Waals surface area contributed by atoms with E-state index < -0.39 is 0 Å². The number of hydrogen-bond donors (Lipinski definition) is 1. The van der Waals surface area contributed by atoms with Gasteiger partial charge in [-0.05, 0) is 40.1 Å². The molecule has 3 heteroatoms. The predicted molar refractivity (Wildman–Crippen MR) is 92.0 cm³/mol. The summed E-state index contributed by atoms with van der Waals surface area (Å²) in [7, 11) is 1.66. The molecule has 3 aromatic carbocycles. The van der Waals surface area contributed by atoms with Crippen molar-refractivity contribution in [2.45, 2.75) is 12.3 Å². The zero-order chi connectivity index (χ0) is 15.8. The molecule has 3 aromatic rings. The van der Waals surface area contributed by atoms with E-state index in [0.29, 0.717) is 6.42 Å². The average Bonchev–Trinajstić information content (AvgIpc) is 2.60. The number of carbonyl (C=O) groups is 1. The van der Waals surface area contributed by atoms with Crippen molar-refractivity contribution in [1.29, 1.82) is 0 Å². The molecule has 1 aliphatic rings. The molecule has 23 heavy (non-hydrogen) atoms. The van der Waals surface area contributed by atoms with Crippen molar-refractivity contribution in [1.82, 2.24) is 0 Å². The Balaban J connectivity index is 1.95. The topological polar surface area (TPSA) is 38.3 Å². The molecule has 0 fully saturated rings. The number of benzene rings is 3. The minimum atomic E-state index is 0.0416. The van der Waals surface area contributed by atoms with Gasteiger partial charge in [0, 0.05) is 18.0 Å². The van der Waals surface area contributed by atoms with Gasteiger partial charge in [0.05, 0.1) is 7.11 Å². The Bertz CT molecular complexity index is 901. The van der Waals surface area contributed by atoms with E-state index in [9.17, 15) is 4.79 Å². The van der Waals surface area contributed by atoms with Crippen LogP contribution in [0.1, 0.15) is 23.5 Å². The Hall–Kier alpha value is -2.81. The summed E-state index contributed by atoms with van der Waals surface area (Å²) in [6.45, 7) is 0. The Morgan fingerprint density at radius 3 is 2.78 bits per heavy atom. The lowest BCUT2D eigenvalue weighted by Gasteiger charge is -2.27. The number of carbonyl (C=O) groups excluding carboxylic acids is 1. The molecule has 3 nitrogen and oxygen atoms in total. The van der Waals surface area contributed by atoms with Crippen LogP contribution in [-0.4, -0.2) is 13.0 Å². The second-order valence-corrected chi connectivity index (χ2v) is 5.83. The van der Waals surface area contributed by atoms with E-state index >= 15 is 0 Å². The Morgan fingerprint density at radius 1 is 1.04 bits per heavy atom. The molecule has 1 N–H and O–H groups in total. The van der Waals surface area contributed by atoms with Crippen LogP contribution in [0.4, 0.5) is 5.69 Å². The third-order valence-electron chi connectivity index (χ3n) is 4.48. The summed E-state index contributed by atoms with van der Waals surface area (Å²) in [5.41, 5.74) is 3.21. The summed E-state index contributed by atoms with van der Waals surface area (Å²) in [5.74, 6) is 0.913. The molecule has 1 heterocycles. The molecule has 0 spiro atoms. The fraction of sp³-hybridized carbons (Fsp3) is 0.150. The van der Waals surface area contributed by atoms with Gasteiger partial charge in [0.1, 0.15) is 5.75 Å². The first kappa shape index (κ1) is 13.8. The minimum absolute atomic E-state index is 0.0416. The maximum Gasteiger partial charge on any atom is 0.225 e. The summed E-state index contributed by atoms with van der Waals surface area (Å²) in [6.07, 6.45) is 0.453. The highest BCUT2D eigenvalue weighted by Gasteiger charge is 2.28. The van der Waals surface area contributed by atoms with Gasteiger partial charge in [-0.25, -0.2) is 0 Å². The van der Waals surface area contributed by atoms with Crippen molar-refractivity contribution < 1.29 is 9.53 Å². The molecule has 1 atom stereocenters. The number of ether oxygens (including phenoxy) is 1. The quantitative estimate of drug-likeness (QED) is 0.765. The molecule has 1 amide bonds. The number of rotatable bonds is 2. The first-order valence-corrected chi connectivity index (χ1v) is 7.72. The molecule has 0 radical (unpaired) electrons. The number of anilines is 1. The lowest BCUT2D eigenvalue weighted by atomic mass is 9.82. The van der Waals surface area contributed by atoms with Crippen LogP contribution in [-0.2, 0) is 4.79 Å². The first-order chi connectivity index (χ1) is 11.3. The van der Waals surface area contributed by atoms with Crippen molar-refractivity contribution >= 4 is 22.4 Å². The van der Waals surface area contributed by atoms with Gasteiger partial charge in [0.15, 0.2) is 0 Å². The van der Waals surface area contributed by atoms with Gasteiger partial charge in [0.25, 0.3) is 0 Å². The maximum atomic E-state index is 12.2. The normalized spacial score (nSPS) is 16.7. The van der Waals surface area contributed by atoms with Gasteiger partial charge < -0.3 is 10.1 Å².